The zero-order valence-electron chi connectivity index (χ0n) is 12.4. The molecule has 1 aromatic heterocycles. The molecule has 5 heteroatoms. The summed E-state index contributed by atoms with van der Waals surface area (Å²) in [6.07, 6.45) is 0. The molecular weight excluding hydrogens is 345 g/mol. The summed E-state index contributed by atoms with van der Waals surface area (Å²) in [5.74, 6) is 1.89. The van der Waals surface area contributed by atoms with Gasteiger partial charge in [-0.2, -0.15) is 0 Å². The Morgan fingerprint density at radius 2 is 1.71 bits per heavy atom. The lowest BCUT2D eigenvalue weighted by Crippen LogP contribution is -1.85. The predicted molar refractivity (Wildman–Crippen MR) is 96.0 cm³/mol. The number of halogens is 2. The Hall–Kier alpha value is -2.49. The molecule has 118 valence electrons. The van der Waals surface area contributed by atoms with Crippen molar-refractivity contribution in [3.05, 3.63) is 76.8 Å². The van der Waals surface area contributed by atoms with Crippen LogP contribution in [0.4, 0.5) is 0 Å². The van der Waals surface area contributed by atoms with E-state index in [-0.39, 0.29) is 0 Å². The van der Waals surface area contributed by atoms with E-state index in [0.717, 1.165) is 16.5 Å². The summed E-state index contributed by atoms with van der Waals surface area (Å²) in [6.45, 7) is 0. The van der Waals surface area contributed by atoms with Crippen LogP contribution in [0.3, 0.4) is 0 Å². The molecule has 0 amide bonds. The molecule has 0 radical (unpaired) electrons. The molecule has 0 spiro atoms. The van der Waals surface area contributed by atoms with Gasteiger partial charge < -0.3 is 9.26 Å². The van der Waals surface area contributed by atoms with Crippen molar-refractivity contribution < 1.29 is 9.26 Å². The molecule has 3 nitrogen and oxygen atoms in total. The van der Waals surface area contributed by atoms with Gasteiger partial charge >= 0.3 is 0 Å². The third-order valence-corrected chi connectivity index (χ3v) is 4.14. The standard InChI is InChI=1S/C19H11Cl2NO2/c20-13-6-9-18(16(21)10-13)23-14-7-8-17-15(11-14)19(24-22-17)12-4-2-1-3-5-12/h1-11H. The van der Waals surface area contributed by atoms with E-state index in [1.54, 1.807) is 18.2 Å². The quantitative estimate of drug-likeness (QED) is 0.415. The van der Waals surface area contributed by atoms with Crippen LogP contribution < -0.4 is 4.74 Å². The highest BCUT2D eigenvalue weighted by atomic mass is 35.5. The minimum absolute atomic E-state index is 0.455. The lowest BCUT2D eigenvalue weighted by molar-refractivity contribution is 0.441. The molecule has 0 atom stereocenters. The molecule has 0 unspecified atom stereocenters. The Bertz CT molecular complexity index is 1010. The van der Waals surface area contributed by atoms with Gasteiger partial charge in [0.15, 0.2) is 5.76 Å². The van der Waals surface area contributed by atoms with Crippen molar-refractivity contribution in [2.24, 2.45) is 0 Å². The second kappa shape index (κ2) is 6.19. The zero-order chi connectivity index (χ0) is 16.5. The van der Waals surface area contributed by atoms with Gasteiger partial charge in [0.25, 0.3) is 0 Å². The lowest BCUT2D eigenvalue weighted by Gasteiger charge is -2.08. The van der Waals surface area contributed by atoms with Crippen LogP contribution in [0.2, 0.25) is 10.0 Å². The molecule has 0 aliphatic carbocycles. The Morgan fingerprint density at radius 3 is 2.50 bits per heavy atom. The predicted octanol–water partition coefficient (Wildman–Crippen LogP) is 6.59. The van der Waals surface area contributed by atoms with Gasteiger partial charge in [-0.15, -0.1) is 0 Å². The van der Waals surface area contributed by atoms with Gasteiger partial charge in [0, 0.05) is 10.6 Å². The van der Waals surface area contributed by atoms with Gasteiger partial charge in [0.05, 0.1) is 10.4 Å². The second-order valence-corrected chi connectivity index (χ2v) is 6.08. The van der Waals surface area contributed by atoms with Gasteiger partial charge in [-0.3, -0.25) is 0 Å². The fourth-order valence-corrected chi connectivity index (χ4v) is 2.91. The molecule has 4 rings (SSSR count). The average molecular weight is 356 g/mol. The number of aromatic nitrogens is 1. The average Bonchev–Trinajstić information content (AvgIpc) is 3.01. The van der Waals surface area contributed by atoms with Crippen LogP contribution in [0.5, 0.6) is 11.5 Å². The summed E-state index contributed by atoms with van der Waals surface area (Å²) in [7, 11) is 0. The molecule has 24 heavy (non-hydrogen) atoms. The van der Waals surface area contributed by atoms with Crippen molar-refractivity contribution in [1.29, 1.82) is 0 Å². The monoisotopic (exact) mass is 355 g/mol. The van der Waals surface area contributed by atoms with Crippen molar-refractivity contribution in [2.75, 3.05) is 0 Å². The zero-order valence-corrected chi connectivity index (χ0v) is 13.9. The molecule has 0 aliphatic rings. The Balaban J connectivity index is 1.75. The van der Waals surface area contributed by atoms with Crippen LogP contribution in [0.1, 0.15) is 0 Å². The summed E-state index contributed by atoms with van der Waals surface area (Å²) in [6, 6.07) is 20.5. The van der Waals surface area contributed by atoms with Gasteiger partial charge in [-0.25, -0.2) is 0 Å². The third-order valence-electron chi connectivity index (χ3n) is 3.61. The highest BCUT2D eigenvalue weighted by Crippen LogP contribution is 2.35. The molecule has 0 N–H and O–H groups in total. The minimum atomic E-state index is 0.455. The molecule has 0 bridgehead atoms. The van der Waals surface area contributed by atoms with Gasteiger partial charge in [-0.05, 0) is 36.4 Å². The molecule has 0 aliphatic heterocycles. The fourth-order valence-electron chi connectivity index (χ4n) is 2.47. The Labute approximate surface area is 148 Å². The van der Waals surface area contributed by atoms with Crippen molar-refractivity contribution in [1.82, 2.24) is 5.16 Å². The number of hydrogen-bond acceptors (Lipinski definition) is 3. The van der Waals surface area contributed by atoms with Crippen LogP contribution in [-0.4, -0.2) is 5.16 Å². The lowest BCUT2D eigenvalue weighted by atomic mass is 10.1. The molecule has 3 aromatic carbocycles. The Kier molecular flexibility index (Phi) is 3.89. The maximum atomic E-state index is 6.16. The molecule has 0 fully saturated rings. The first-order valence-corrected chi connectivity index (χ1v) is 8.04. The largest absolute Gasteiger partial charge is 0.456 e. The number of benzene rings is 3. The first kappa shape index (κ1) is 15.1. The first-order valence-electron chi connectivity index (χ1n) is 7.28. The third kappa shape index (κ3) is 2.84. The molecule has 0 saturated carbocycles. The maximum absolute atomic E-state index is 6.16. The summed E-state index contributed by atoms with van der Waals surface area (Å²) in [4.78, 5) is 0. The molecule has 1 heterocycles. The van der Waals surface area contributed by atoms with E-state index < -0.39 is 0 Å². The van der Waals surface area contributed by atoms with E-state index in [1.807, 2.05) is 48.5 Å². The molecular formula is C19H11Cl2NO2. The van der Waals surface area contributed by atoms with Crippen LogP contribution in [-0.2, 0) is 0 Å². The highest BCUT2D eigenvalue weighted by molar-refractivity contribution is 6.35. The van der Waals surface area contributed by atoms with Crippen molar-refractivity contribution in [3.8, 4) is 22.8 Å². The number of nitrogens with zero attached hydrogens (tertiary/aromatic N) is 1. The Morgan fingerprint density at radius 1 is 0.875 bits per heavy atom. The maximum Gasteiger partial charge on any atom is 0.174 e. The topological polar surface area (TPSA) is 35.3 Å². The smallest absolute Gasteiger partial charge is 0.174 e. The van der Waals surface area contributed by atoms with E-state index in [4.69, 9.17) is 32.5 Å². The van der Waals surface area contributed by atoms with E-state index >= 15 is 0 Å². The number of ether oxygens (including phenoxy) is 1. The van der Waals surface area contributed by atoms with Gasteiger partial charge in [-0.1, -0.05) is 58.7 Å². The van der Waals surface area contributed by atoms with Gasteiger partial charge in [0.2, 0.25) is 0 Å². The summed E-state index contributed by atoms with van der Waals surface area (Å²) >= 11 is 12.1. The molecule has 4 aromatic rings. The van der Waals surface area contributed by atoms with E-state index in [2.05, 4.69) is 5.16 Å². The summed E-state index contributed by atoms with van der Waals surface area (Å²) < 4.78 is 11.4. The molecule has 0 saturated heterocycles. The van der Waals surface area contributed by atoms with Crippen LogP contribution in [0.25, 0.3) is 22.2 Å². The number of rotatable bonds is 3. The van der Waals surface area contributed by atoms with E-state index in [0.29, 0.717) is 27.3 Å². The normalized spacial score (nSPS) is 10.9. The van der Waals surface area contributed by atoms with Crippen LogP contribution in [0, 0.1) is 0 Å². The van der Waals surface area contributed by atoms with Crippen LogP contribution >= 0.6 is 23.2 Å². The summed E-state index contributed by atoms with van der Waals surface area (Å²) in [5.41, 5.74) is 1.73. The van der Waals surface area contributed by atoms with E-state index in [9.17, 15) is 0 Å². The van der Waals surface area contributed by atoms with Crippen molar-refractivity contribution in [3.63, 3.8) is 0 Å². The highest BCUT2D eigenvalue weighted by Gasteiger charge is 2.12. The second-order valence-electron chi connectivity index (χ2n) is 5.23. The number of hydrogen-bond donors (Lipinski definition) is 0. The van der Waals surface area contributed by atoms with E-state index in [1.165, 1.54) is 0 Å². The minimum Gasteiger partial charge on any atom is -0.456 e. The first-order chi connectivity index (χ1) is 11.7. The summed E-state index contributed by atoms with van der Waals surface area (Å²) in [5, 5.41) is 5.99. The SMILES string of the molecule is Clc1ccc(Oc2ccc3noc(-c4ccccc4)c3c2)c(Cl)c1. The number of fused-ring (bicyclic) bond motifs is 1. The van der Waals surface area contributed by atoms with Gasteiger partial charge in [0.1, 0.15) is 17.0 Å². The van der Waals surface area contributed by atoms with Crippen molar-refractivity contribution >= 4 is 34.1 Å². The van der Waals surface area contributed by atoms with Crippen LogP contribution in [0.15, 0.2) is 71.3 Å². The fraction of sp³-hybridized carbons (Fsp3) is 0. The van der Waals surface area contributed by atoms with Crippen molar-refractivity contribution in [2.45, 2.75) is 0 Å².